The van der Waals surface area contributed by atoms with Crippen LogP contribution >= 0.6 is 23.3 Å². The average Bonchev–Trinajstić information content (AvgIpc) is 2.76. The summed E-state index contributed by atoms with van der Waals surface area (Å²) in [7, 11) is 1.72. The van der Waals surface area contributed by atoms with Gasteiger partial charge in [0.1, 0.15) is 18.0 Å². The van der Waals surface area contributed by atoms with Crippen molar-refractivity contribution in [1.82, 2.24) is 14.7 Å². The van der Waals surface area contributed by atoms with Gasteiger partial charge >= 0.3 is 0 Å². The Morgan fingerprint density at radius 2 is 2.06 bits per heavy atom. The Morgan fingerprint density at radius 3 is 2.59 bits per heavy atom. The molecule has 3 nitrogen and oxygen atoms in total. The fourth-order valence-corrected chi connectivity index (χ4v) is 2.71. The fraction of sp³-hybridized carbons (Fsp3) is 0.200. The van der Waals surface area contributed by atoms with Crippen molar-refractivity contribution >= 4 is 23.3 Å². The molecule has 0 aliphatic rings. The lowest BCUT2D eigenvalue weighted by molar-refractivity contribution is 0.536. The normalized spacial score (nSPS) is 10.8. The molecule has 1 N–H and O–H groups in total. The fourth-order valence-electron chi connectivity index (χ4n) is 1.31. The first kappa shape index (κ1) is 12.4. The number of rotatable bonds is 4. The Kier molecular flexibility index (Phi) is 4.03. The first-order valence-electron chi connectivity index (χ1n) is 4.77. The smallest absolute Gasteiger partial charge is 0.174 e. The van der Waals surface area contributed by atoms with Crippen LogP contribution in [0.25, 0.3) is 0 Å². The van der Waals surface area contributed by atoms with E-state index in [1.807, 2.05) is 0 Å². The lowest BCUT2D eigenvalue weighted by Crippen LogP contribution is -2.06. The molecule has 0 spiro atoms. The summed E-state index contributed by atoms with van der Waals surface area (Å²) in [5.74, 6) is -1.15. The average molecular weight is 273 g/mol. The minimum absolute atomic E-state index is 0.0402. The Labute approximate surface area is 105 Å². The van der Waals surface area contributed by atoms with Crippen molar-refractivity contribution in [3.8, 4) is 0 Å². The van der Waals surface area contributed by atoms with E-state index in [9.17, 15) is 8.78 Å². The molecule has 0 saturated carbocycles. The molecule has 0 fully saturated rings. The monoisotopic (exact) mass is 273 g/mol. The zero-order valence-corrected chi connectivity index (χ0v) is 10.5. The van der Waals surface area contributed by atoms with E-state index in [4.69, 9.17) is 0 Å². The van der Waals surface area contributed by atoms with Gasteiger partial charge in [-0.3, -0.25) is 0 Å². The van der Waals surface area contributed by atoms with Gasteiger partial charge < -0.3 is 5.32 Å². The predicted molar refractivity (Wildman–Crippen MR) is 63.2 cm³/mol. The second-order valence-corrected chi connectivity index (χ2v) is 5.27. The highest BCUT2D eigenvalue weighted by Gasteiger charge is 2.14. The number of aromatic nitrogens is 2. The third-order valence-electron chi connectivity index (χ3n) is 1.97. The molecule has 0 aliphatic heterocycles. The molecule has 2 rings (SSSR count). The molecule has 0 aliphatic carbocycles. The summed E-state index contributed by atoms with van der Waals surface area (Å²) in [6.45, 7) is 0.428. The summed E-state index contributed by atoms with van der Waals surface area (Å²) in [6, 6.07) is 2.64. The van der Waals surface area contributed by atoms with E-state index in [-0.39, 0.29) is 4.90 Å². The van der Waals surface area contributed by atoms with Gasteiger partial charge in [-0.15, -0.1) is 0 Å². The van der Waals surface area contributed by atoms with Crippen LogP contribution in [-0.2, 0) is 6.54 Å². The minimum atomic E-state index is -0.574. The van der Waals surface area contributed by atoms with E-state index in [2.05, 4.69) is 14.7 Å². The third-order valence-corrected chi connectivity index (χ3v) is 3.78. The second kappa shape index (κ2) is 5.52. The zero-order valence-electron chi connectivity index (χ0n) is 8.91. The summed E-state index contributed by atoms with van der Waals surface area (Å²) >= 11 is 2.05. The van der Waals surface area contributed by atoms with E-state index in [0.717, 1.165) is 23.3 Å². The van der Waals surface area contributed by atoms with Crippen molar-refractivity contribution in [2.24, 2.45) is 0 Å². The lowest BCUT2D eigenvalue weighted by Gasteiger charge is -2.05. The first-order chi connectivity index (χ1) is 8.20. The van der Waals surface area contributed by atoms with E-state index in [1.165, 1.54) is 18.5 Å². The van der Waals surface area contributed by atoms with Gasteiger partial charge in [0.05, 0.1) is 4.90 Å². The van der Waals surface area contributed by atoms with Gasteiger partial charge in [-0.2, -0.15) is 4.37 Å². The minimum Gasteiger partial charge on any atom is -0.316 e. The maximum absolute atomic E-state index is 13.7. The molecule has 7 heteroatoms. The molecule has 17 heavy (non-hydrogen) atoms. The molecule has 0 radical (unpaired) electrons. The Bertz CT molecular complexity index is 479. The summed E-state index contributed by atoms with van der Waals surface area (Å²) < 4.78 is 31.7. The maximum atomic E-state index is 13.7. The van der Waals surface area contributed by atoms with Crippen LogP contribution in [0.1, 0.15) is 5.56 Å². The van der Waals surface area contributed by atoms with Crippen LogP contribution in [0.2, 0.25) is 0 Å². The van der Waals surface area contributed by atoms with Crippen LogP contribution < -0.4 is 5.32 Å². The van der Waals surface area contributed by atoms with Crippen LogP contribution in [0.3, 0.4) is 0 Å². The number of hydrogen-bond acceptors (Lipinski definition) is 5. The Morgan fingerprint density at radius 1 is 1.35 bits per heavy atom. The molecule has 0 saturated heterocycles. The zero-order chi connectivity index (χ0) is 12.3. The largest absolute Gasteiger partial charge is 0.316 e. The molecule has 0 bridgehead atoms. The molecule has 0 atom stereocenters. The number of halogens is 2. The standard InChI is InChI=1S/C10H9F2N3S2/c1-13-4-6-2-7(11)9(8(12)3-6)16-10-14-5-15-17-10/h2-3,5,13H,4H2,1H3. The second-order valence-electron chi connectivity index (χ2n) is 3.23. The van der Waals surface area contributed by atoms with Gasteiger partial charge in [0, 0.05) is 6.54 Å². The van der Waals surface area contributed by atoms with Gasteiger partial charge in [0.15, 0.2) is 4.34 Å². The highest BCUT2D eigenvalue weighted by Crippen LogP contribution is 2.33. The molecule has 1 heterocycles. The number of benzene rings is 1. The van der Waals surface area contributed by atoms with Crippen molar-refractivity contribution < 1.29 is 8.78 Å². The highest BCUT2D eigenvalue weighted by atomic mass is 32.2. The van der Waals surface area contributed by atoms with Gasteiger partial charge in [0.2, 0.25) is 0 Å². The molecular weight excluding hydrogens is 264 g/mol. The van der Waals surface area contributed by atoms with Crippen molar-refractivity contribution in [3.63, 3.8) is 0 Å². The molecule has 2 aromatic rings. The molecule has 90 valence electrons. The Balaban J connectivity index is 2.28. The summed E-state index contributed by atoms with van der Waals surface area (Å²) in [5.41, 5.74) is 0.573. The van der Waals surface area contributed by atoms with E-state index in [0.29, 0.717) is 16.4 Å². The topological polar surface area (TPSA) is 37.8 Å². The summed E-state index contributed by atoms with van der Waals surface area (Å²) in [5, 5.41) is 2.84. The van der Waals surface area contributed by atoms with Gasteiger partial charge in [0.25, 0.3) is 0 Å². The van der Waals surface area contributed by atoms with E-state index < -0.39 is 11.6 Å². The molecule has 1 aromatic heterocycles. The number of nitrogens with zero attached hydrogens (tertiary/aromatic N) is 2. The van der Waals surface area contributed by atoms with Crippen molar-refractivity contribution in [2.75, 3.05) is 7.05 Å². The van der Waals surface area contributed by atoms with Crippen LogP contribution in [0, 0.1) is 11.6 Å². The lowest BCUT2D eigenvalue weighted by atomic mass is 10.2. The Hall–Kier alpha value is -1.05. The van der Waals surface area contributed by atoms with Crippen LogP contribution in [-0.4, -0.2) is 16.4 Å². The SMILES string of the molecule is CNCc1cc(F)c(Sc2ncns2)c(F)c1. The van der Waals surface area contributed by atoms with Gasteiger partial charge in [-0.1, -0.05) is 11.8 Å². The highest BCUT2D eigenvalue weighted by molar-refractivity contribution is 8.01. The van der Waals surface area contributed by atoms with E-state index >= 15 is 0 Å². The quantitative estimate of drug-likeness (QED) is 0.929. The van der Waals surface area contributed by atoms with Gasteiger partial charge in [-0.25, -0.2) is 13.8 Å². The van der Waals surface area contributed by atoms with Crippen LogP contribution in [0.15, 0.2) is 27.7 Å². The van der Waals surface area contributed by atoms with Crippen LogP contribution in [0.5, 0.6) is 0 Å². The first-order valence-corrected chi connectivity index (χ1v) is 6.36. The predicted octanol–water partition coefficient (Wildman–Crippen LogP) is 2.69. The number of nitrogens with one attached hydrogen (secondary N) is 1. The van der Waals surface area contributed by atoms with Crippen LogP contribution in [0.4, 0.5) is 8.78 Å². The molecular formula is C10H9F2N3S2. The summed E-state index contributed by atoms with van der Waals surface area (Å²) in [6.07, 6.45) is 1.36. The third kappa shape index (κ3) is 2.99. The summed E-state index contributed by atoms with van der Waals surface area (Å²) in [4.78, 5) is 3.84. The van der Waals surface area contributed by atoms with Crippen molar-refractivity contribution in [2.45, 2.75) is 15.8 Å². The number of hydrogen-bond donors (Lipinski definition) is 1. The maximum Gasteiger partial charge on any atom is 0.174 e. The molecule has 0 amide bonds. The molecule has 1 aromatic carbocycles. The van der Waals surface area contributed by atoms with Gasteiger partial charge in [-0.05, 0) is 36.3 Å². The molecule has 0 unspecified atom stereocenters. The van der Waals surface area contributed by atoms with Crippen molar-refractivity contribution in [1.29, 1.82) is 0 Å². The van der Waals surface area contributed by atoms with Crippen molar-refractivity contribution in [3.05, 3.63) is 35.7 Å². The van der Waals surface area contributed by atoms with E-state index in [1.54, 1.807) is 7.05 Å².